The Balaban J connectivity index is 1.65. The molecular weight excluding hydrogens is 398 g/mol. The fourth-order valence-electron chi connectivity index (χ4n) is 2.26. The summed E-state index contributed by atoms with van der Waals surface area (Å²) in [7, 11) is 0. The largest absolute Gasteiger partial charge is 0.462 e. The van der Waals surface area contributed by atoms with E-state index in [9.17, 15) is 19.7 Å². The normalized spacial score (nSPS) is 16.5. The molecule has 29 heavy (non-hydrogen) atoms. The minimum Gasteiger partial charge on any atom is -0.462 e. The average molecular weight is 413 g/mol. The Labute approximate surface area is 169 Å². The van der Waals surface area contributed by atoms with Crippen LogP contribution < -0.4 is 5.32 Å². The lowest BCUT2D eigenvalue weighted by molar-refractivity contribution is -0.402. The van der Waals surface area contributed by atoms with E-state index in [2.05, 4.69) is 10.3 Å². The molecule has 2 heterocycles. The van der Waals surface area contributed by atoms with Gasteiger partial charge in [-0.2, -0.15) is 0 Å². The smallest absolute Gasteiger partial charge is 0.433 e. The van der Waals surface area contributed by atoms with E-state index >= 15 is 0 Å². The molecule has 1 amide bonds. The molecule has 1 fully saturated rings. The van der Waals surface area contributed by atoms with E-state index in [1.54, 1.807) is 43.3 Å². The number of esters is 1. The molecule has 10 heteroatoms. The van der Waals surface area contributed by atoms with Crippen LogP contribution in [-0.2, 0) is 9.53 Å². The molecular formula is C19H15N3O6S. The molecule has 0 aliphatic carbocycles. The van der Waals surface area contributed by atoms with E-state index in [4.69, 9.17) is 9.15 Å². The van der Waals surface area contributed by atoms with E-state index in [0.29, 0.717) is 33.7 Å². The van der Waals surface area contributed by atoms with Crippen LogP contribution in [0.15, 0.2) is 62.9 Å². The summed E-state index contributed by atoms with van der Waals surface area (Å²) in [5.41, 5.74) is 0.989. The van der Waals surface area contributed by atoms with Crippen LogP contribution in [0.25, 0.3) is 6.08 Å². The number of nitrogens with one attached hydrogen (secondary N) is 1. The van der Waals surface area contributed by atoms with Gasteiger partial charge in [0.15, 0.2) is 5.17 Å². The molecule has 0 atom stereocenters. The highest BCUT2D eigenvalue weighted by molar-refractivity contribution is 8.18. The van der Waals surface area contributed by atoms with E-state index in [1.807, 2.05) is 0 Å². The molecule has 1 saturated heterocycles. The minimum atomic E-state index is -0.627. The van der Waals surface area contributed by atoms with Gasteiger partial charge in [-0.05, 0) is 61.2 Å². The highest BCUT2D eigenvalue weighted by Crippen LogP contribution is 2.26. The molecule has 1 aliphatic heterocycles. The lowest BCUT2D eigenvalue weighted by Crippen LogP contribution is -2.19. The molecule has 0 radical (unpaired) electrons. The van der Waals surface area contributed by atoms with Gasteiger partial charge < -0.3 is 14.5 Å². The Morgan fingerprint density at radius 1 is 1.31 bits per heavy atom. The maximum absolute atomic E-state index is 12.0. The van der Waals surface area contributed by atoms with Crippen LogP contribution in [0.5, 0.6) is 0 Å². The molecule has 1 aliphatic rings. The minimum absolute atomic E-state index is 0.298. The highest BCUT2D eigenvalue weighted by Gasteiger charge is 2.23. The molecule has 2 aromatic rings. The fourth-order valence-corrected chi connectivity index (χ4v) is 3.05. The molecule has 3 rings (SSSR count). The third kappa shape index (κ3) is 5.20. The summed E-state index contributed by atoms with van der Waals surface area (Å²) in [6.07, 6.45) is 4.62. The van der Waals surface area contributed by atoms with Crippen molar-refractivity contribution in [2.45, 2.75) is 6.92 Å². The maximum atomic E-state index is 12.0. The third-order valence-corrected chi connectivity index (χ3v) is 4.49. The number of nitro groups is 1. The monoisotopic (exact) mass is 413 g/mol. The Bertz CT molecular complexity index is 1040. The zero-order valence-electron chi connectivity index (χ0n) is 15.2. The van der Waals surface area contributed by atoms with Crippen molar-refractivity contribution in [1.82, 2.24) is 5.32 Å². The van der Waals surface area contributed by atoms with Crippen LogP contribution in [0.1, 0.15) is 23.0 Å². The second-order valence-electron chi connectivity index (χ2n) is 5.56. The van der Waals surface area contributed by atoms with Gasteiger partial charge in [-0.15, -0.1) is 0 Å². The van der Waals surface area contributed by atoms with E-state index in [0.717, 1.165) is 11.8 Å². The number of hydrogen-bond acceptors (Lipinski definition) is 8. The van der Waals surface area contributed by atoms with Crippen molar-refractivity contribution in [3.8, 4) is 0 Å². The number of allylic oxidation sites excluding steroid dienone is 2. The number of nitrogens with zero attached hydrogens (tertiary/aromatic N) is 2. The number of ether oxygens (including phenoxy) is 1. The number of thioether (sulfide) groups is 1. The number of hydrogen-bond donors (Lipinski definition) is 1. The Morgan fingerprint density at radius 3 is 2.72 bits per heavy atom. The molecule has 0 bridgehead atoms. The number of rotatable bonds is 6. The number of carbonyl (C=O) groups is 2. The van der Waals surface area contributed by atoms with E-state index < -0.39 is 10.9 Å². The Morgan fingerprint density at radius 2 is 2.07 bits per heavy atom. The van der Waals surface area contributed by atoms with Crippen molar-refractivity contribution in [1.29, 1.82) is 0 Å². The molecule has 1 aromatic heterocycles. The van der Waals surface area contributed by atoms with Crippen LogP contribution in [0.4, 0.5) is 11.6 Å². The van der Waals surface area contributed by atoms with Crippen LogP contribution in [0, 0.1) is 10.1 Å². The van der Waals surface area contributed by atoms with Gasteiger partial charge in [0.1, 0.15) is 10.7 Å². The first-order valence-corrected chi connectivity index (χ1v) is 9.25. The first-order valence-electron chi connectivity index (χ1n) is 8.44. The van der Waals surface area contributed by atoms with Gasteiger partial charge in [0.25, 0.3) is 5.91 Å². The predicted octanol–water partition coefficient (Wildman–Crippen LogP) is 3.81. The highest BCUT2D eigenvalue weighted by atomic mass is 32.2. The van der Waals surface area contributed by atoms with Crippen molar-refractivity contribution in [2.75, 3.05) is 6.61 Å². The van der Waals surface area contributed by atoms with Gasteiger partial charge in [-0.3, -0.25) is 14.9 Å². The molecule has 0 spiro atoms. The summed E-state index contributed by atoms with van der Waals surface area (Å²) in [6, 6.07) is 9.21. The van der Waals surface area contributed by atoms with Gasteiger partial charge in [0.2, 0.25) is 0 Å². The summed E-state index contributed by atoms with van der Waals surface area (Å²) < 4.78 is 9.92. The molecule has 0 unspecified atom stereocenters. The third-order valence-electron chi connectivity index (χ3n) is 3.56. The first kappa shape index (κ1) is 20.1. The number of amides is 1. The van der Waals surface area contributed by atoms with Crippen LogP contribution >= 0.6 is 11.8 Å². The number of aliphatic imine (C=N–C) groups is 1. The van der Waals surface area contributed by atoms with Crippen molar-refractivity contribution in [3.63, 3.8) is 0 Å². The number of amidine groups is 1. The average Bonchev–Trinajstić information content (AvgIpc) is 3.30. The first-order chi connectivity index (χ1) is 14.0. The van der Waals surface area contributed by atoms with Crippen LogP contribution in [0.3, 0.4) is 0 Å². The Kier molecular flexibility index (Phi) is 6.25. The van der Waals surface area contributed by atoms with E-state index in [-0.39, 0.29) is 11.8 Å². The summed E-state index contributed by atoms with van der Waals surface area (Å²) in [5.74, 6) is -0.776. The maximum Gasteiger partial charge on any atom is 0.433 e. The second kappa shape index (κ2) is 9.02. The standard InChI is InChI=1S/C19H15N3O6S/c1-2-27-18(24)12-6-8-13(9-7-12)20-19-21-17(23)15(29-19)5-3-4-14-10-11-16(28-14)22(25)26/h3-11H,2H2,1H3,(H,20,21,23)/b4-3+,15-5-. The summed E-state index contributed by atoms with van der Waals surface area (Å²) >= 11 is 1.15. The second-order valence-corrected chi connectivity index (χ2v) is 6.59. The zero-order chi connectivity index (χ0) is 20.8. The van der Waals surface area contributed by atoms with Crippen molar-refractivity contribution in [2.24, 2.45) is 4.99 Å². The molecule has 0 saturated carbocycles. The number of benzene rings is 1. The van der Waals surface area contributed by atoms with Crippen LogP contribution in [0.2, 0.25) is 0 Å². The molecule has 1 N–H and O–H groups in total. The molecule has 9 nitrogen and oxygen atoms in total. The lowest BCUT2D eigenvalue weighted by Gasteiger charge is -2.02. The quantitative estimate of drug-likeness (QED) is 0.330. The zero-order valence-corrected chi connectivity index (χ0v) is 16.0. The fraction of sp³-hybridized carbons (Fsp3) is 0.105. The van der Waals surface area contributed by atoms with Gasteiger partial charge in [0.05, 0.1) is 28.8 Å². The van der Waals surface area contributed by atoms with Crippen molar-refractivity contribution < 1.29 is 23.7 Å². The Hall–Kier alpha value is -3.66. The topological polar surface area (TPSA) is 124 Å². The SMILES string of the molecule is CCOC(=O)c1ccc(N=C2NC(=O)/C(=C/C=C/c3ccc([N+](=O)[O-])o3)S2)cc1. The molecule has 148 valence electrons. The van der Waals surface area contributed by atoms with Crippen molar-refractivity contribution in [3.05, 3.63) is 74.9 Å². The lowest BCUT2D eigenvalue weighted by atomic mass is 10.2. The van der Waals surface area contributed by atoms with Gasteiger partial charge in [-0.1, -0.05) is 6.08 Å². The number of carbonyl (C=O) groups excluding carboxylic acids is 2. The van der Waals surface area contributed by atoms with Gasteiger partial charge in [-0.25, -0.2) is 9.79 Å². The summed E-state index contributed by atoms with van der Waals surface area (Å²) in [4.78, 5) is 38.4. The summed E-state index contributed by atoms with van der Waals surface area (Å²) in [6.45, 7) is 2.03. The summed E-state index contributed by atoms with van der Waals surface area (Å²) in [5, 5.41) is 13.6. The van der Waals surface area contributed by atoms with Gasteiger partial charge >= 0.3 is 11.9 Å². The van der Waals surface area contributed by atoms with E-state index in [1.165, 1.54) is 18.2 Å². The predicted molar refractivity (Wildman–Crippen MR) is 108 cm³/mol. The van der Waals surface area contributed by atoms with Crippen molar-refractivity contribution >= 4 is 46.5 Å². The van der Waals surface area contributed by atoms with Crippen LogP contribution in [-0.4, -0.2) is 28.6 Å². The molecule has 1 aromatic carbocycles. The number of furan rings is 1. The van der Waals surface area contributed by atoms with Gasteiger partial charge in [0, 0.05) is 0 Å².